The van der Waals surface area contributed by atoms with Crippen molar-refractivity contribution in [2.45, 2.75) is 59.0 Å². The van der Waals surface area contributed by atoms with Crippen molar-refractivity contribution < 1.29 is 15.0 Å². The number of carbonyl (C=O) groups is 1. The van der Waals surface area contributed by atoms with Crippen molar-refractivity contribution in [1.29, 1.82) is 0 Å². The van der Waals surface area contributed by atoms with Gasteiger partial charge in [-0.25, -0.2) is 0 Å². The van der Waals surface area contributed by atoms with E-state index in [9.17, 15) is 9.90 Å². The van der Waals surface area contributed by atoms with Gasteiger partial charge in [0.05, 0.1) is 11.0 Å². The van der Waals surface area contributed by atoms with Gasteiger partial charge in [0, 0.05) is 0 Å². The third-order valence-corrected chi connectivity index (χ3v) is 2.61. The molecule has 0 saturated carbocycles. The molecule has 0 aliphatic carbocycles. The first-order chi connectivity index (χ1) is 6.21. The van der Waals surface area contributed by atoms with Crippen LogP contribution in [0.25, 0.3) is 0 Å². The lowest BCUT2D eigenvalue weighted by Crippen LogP contribution is -2.31. The molecule has 0 aromatic rings. The van der Waals surface area contributed by atoms with Gasteiger partial charge in [-0.05, 0) is 40.0 Å². The van der Waals surface area contributed by atoms with Gasteiger partial charge in [-0.1, -0.05) is 13.3 Å². The minimum Gasteiger partial charge on any atom is -0.481 e. The summed E-state index contributed by atoms with van der Waals surface area (Å²) in [5.41, 5.74) is -1.46. The van der Waals surface area contributed by atoms with Crippen LogP contribution in [0.5, 0.6) is 0 Å². The zero-order valence-electron chi connectivity index (χ0n) is 9.63. The highest BCUT2D eigenvalue weighted by molar-refractivity contribution is 5.74. The second-order valence-corrected chi connectivity index (χ2v) is 4.93. The standard InChI is InChI=1S/C11H22O3/c1-5-6-11(4,9(12)13)8-7-10(2,3)14/h14H,5-8H2,1-4H3,(H,12,13). The Kier molecular flexibility index (Phi) is 4.59. The maximum absolute atomic E-state index is 11.0. The SMILES string of the molecule is CCCC(C)(CCC(C)(C)O)C(=O)O. The lowest BCUT2D eigenvalue weighted by molar-refractivity contribution is -0.149. The van der Waals surface area contributed by atoms with Crippen LogP contribution in [0.1, 0.15) is 53.4 Å². The molecule has 0 fully saturated rings. The molecule has 0 rings (SSSR count). The van der Waals surface area contributed by atoms with Gasteiger partial charge in [0.25, 0.3) is 0 Å². The quantitative estimate of drug-likeness (QED) is 0.695. The first-order valence-corrected chi connectivity index (χ1v) is 5.17. The van der Waals surface area contributed by atoms with E-state index in [1.54, 1.807) is 20.8 Å². The number of carboxylic acid groups (broad SMARTS) is 1. The highest BCUT2D eigenvalue weighted by atomic mass is 16.4. The molecule has 0 bridgehead atoms. The van der Waals surface area contributed by atoms with Crippen molar-refractivity contribution in [3.63, 3.8) is 0 Å². The summed E-state index contributed by atoms with van der Waals surface area (Å²) in [6, 6.07) is 0. The van der Waals surface area contributed by atoms with E-state index in [0.717, 1.165) is 6.42 Å². The average molecular weight is 202 g/mol. The monoisotopic (exact) mass is 202 g/mol. The van der Waals surface area contributed by atoms with Crippen LogP contribution < -0.4 is 0 Å². The summed E-state index contributed by atoms with van der Waals surface area (Å²) in [6.45, 7) is 7.15. The summed E-state index contributed by atoms with van der Waals surface area (Å²) in [6.07, 6.45) is 2.57. The molecule has 0 heterocycles. The van der Waals surface area contributed by atoms with E-state index in [1.165, 1.54) is 0 Å². The molecule has 1 unspecified atom stereocenters. The third kappa shape index (κ3) is 4.61. The van der Waals surface area contributed by atoms with Gasteiger partial charge in [0.1, 0.15) is 0 Å². The van der Waals surface area contributed by atoms with E-state index in [-0.39, 0.29) is 0 Å². The summed E-state index contributed by atoms with van der Waals surface area (Å²) in [5, 5.41) is 18.6. The lowest BCUT2D eigenvalue weighted by Gasteiger charge is -2.27. The first-order valence-electron chi connectivity index (χ1n) is 5.17. The summed E-state index contributed by atoms with van der Waals surface area (Å²) >= 11 is 0. The zero-order valence-corrected chi connectivity index (χ0v) is 9.63. The molecular formula is C11H22O3. The van der Waals surface area contributed by atoms with Gasteiger partial charge >= 0.3 is 5.97 Å². The maximum atomic E-state index is 11.0. The van der Waals surface area contributed by atoms with E-state index in [0.29, 0.717) is 19.3 Å². The second kappa shape index (κ2) is 4.78. The molecule has 0 amide bonds. The molecule has 0 aromatic carbocycles. The normalized spacial score (nSPS) is 16.4. The zero-order chi connectivity index (χ0) is 11.4. The highest BCUT2D eigenvalue weighted by Gasteiger charge is 2.33. The van der Waals surface area contributed by atoms with E-state index >= 15 is 0 Å². The van der Waals surface area contributed by atoms with Gasteiger partial charge in [-0.2, -0.15) is 0 Å². The van der Waals surface area contributed by atoms with Crippen LogP contribution in [0.2, 0.25) is 0 Å². The van der Waals surface area contributed by atoms with E-state index in [2.05, 4.69) is 0 Å². The van der Waals surface area contributed by atoms with Crippen LogP contribution in [-0.2, 0) is 4.79 Å². The molecule has 0 aliphatic rings. The molecular weight excluding hydrogens is 180 g/mol. The number of hydrogen-bond donors (Lipinski definition) is 2. The number of rotatable bonds is 6. The number of carboxylic acids is 1. The molecule has 3 nitrogen and oxygen atoms in total. The minimum atomic E-state index is -0.773. The Balaban J connectivity index is 4.31. The van der Waals surface area contributed by atoms with E-state index in [1.807, 2.05) is 6.92 Å². The Labute approximate surface area is 86.1 Å². The first kappa shape index (κ1) is 13.4. The molecule has 0 spiro atoms. The highest BCUT2D eigenvalue weighted by Crippen LogP contribution is 2.31. The molecule has 3 heteroatoms. The summed E-state index contributed by atoms with van der Waals surface area (Å²) in [7, 11) is 0. The molecule has 0 aliphatic heterocycles. The van der Waals surface area contributed by atoms with Gasteiger partial charge in [0.15, 0.2) is 0 Å². The number of aliphatic carboxylic acids is 1. The van der Waals surface area contributed by atoms with Crippen LogP contribution >= 0.6 is 0 Å². The fourth-order valence-electron chi connectivity index (χ4n) is 1.47. The van der Waals surface area contributed by atoms with Crippen LogP contribution in [0.4, 0.5) is 0 Å². The fourth-order valence-corrected chi connectivity index (χ4v) is 1.47. The van der Waals surface area contributed by atoms with Crippen molar-refractivity contribution in [3.05, 3.63) is 0 Å². The third-order valence-electron chi connectivity index (χ3n) is 2.61. The van der Waals surface area contributed by atoms with Crippen LogP contribution in [0, 0.1) is 5.41 Å². The lowest BCUT2D eigenvalue weighted by atomic mass is 9.79. The van der Waals surface area contributed by atoms with Gasteiger partial charge in [0.2, 0.25) is 0 Å². The predicted molar refractivity (Wildman–Crippen MR) is 56.2 cm³/mol. The number of aliphatic hydroxyl groups is 1. The van der Waals surface area contributed by atoms with Crippen molar-refractivity contribution in [3.8, 4) is 0 Å². The average Bonchev–Trinajstić information content (AvgIpc) is 2.00. The molecule has 0 aromatic heterocycles. The van der Waals surface area contributed by atoms with Gasteiger partial charge in [-0.15, -0.1) is 0 Å². The molecule has 14 heavy (non-hydrogen) atoms. The Hall–Kier alpha value is -0.570. The van der Waals surface area contributed by atoms with Gasteiger partial charge < -0.3 is 10.2 Å². The van der Waals surface area contributed by atoms with Crippen LogP contribution in [0.3, 0.4) is 0 Å². The smallest absolute Gasteiger partial charge is 0.309 e. The van der Waals surface area contributed by atoms with Crippen LogP contribution in [-0.4, -0.2) is 21.8 Å². The second-order valence-electron chi connectivity index (χ2n) is 4.93. The fraction of sp³-hybridized carbons (Fsp3) is 0.909. The Morgan fingerprint density at radius 1 is 1.14 bits per heavy atom. The molecule has 84 valence electrons. The summed E-state index contributed by atoms with van der Waals surface area (Å²) < 4.78 is 0. The van der Waals surface area contributed by atoms with Gasteiger partial charge in [-0.3, -0.25) is 4.79 Å². The maximum Gasteiger partial charge on any atom is 0.309 e. The van der Waals surface area contributed by atoms with E-state index < -0.39 is 17.0 Å². The minimum absolute atomic E-state index is 0.524. The van der Waals surface area contributed by atoms with Crippen molar-refractivity contribution in [1.82, 2.24) is 0 Å². The summed E-state index contributed by atoms with van der Waals surface area (Å²) in [4.78, 5) is 11.0. The van der Waals surface area contributed by atoms with Crippen molar-refractivity contribution >= 4 is 5.97 Å². The summed E-state index contributed by atoms with van der Waals surface area (Å²) in [5.74, 6) is -0.761. The Bertz CT molecular complexity index is 193. The topological polar surface area (TPSA) is 57.5 Å². The van der Waals surface area contributed by atoms with Crippen LogP contribution in [0.15, 0.2) is 0 Å². The molecule has 0 saturated heterocycles. The molecule has 2 N–H and O–H groups in total. The van der Waals surface area contributed by atoms with Crippen molar-refractivity contribution in [2.24, 2.45) is 5.41 Å². The Morgan fingerprint density at radius 3 is 1.93 bits per heavy atom. The predicted octanol–water partition coefficient (Wildman–Crippen LogP) is 2.43. The molecule has 1 atom stereocenters. The van der Waals surface area contributed by atoms with E-state index in [4.69, 9.17) is 5.11 Å². The largest absolute Gasteiger partial charge is 0.481 e. The van der Waals surface area contributed by atoms with Crippen molar-refractivity contribution in [2.75, 3.05) is 0 Å². The molecule has 0 radical (unpaired) electrons. The Morgan fingerprint density at radius 2 is 1.64 bits per heavy atom. The number of hydrogen-bond acceptors (Lipinski definition) is 2.